The molecule has 14 heavy (non-hydrogen) atoms. The first-order valence-corrected chi connectivity index (χ1v) is 4.89. The lowest BCUT2D eigenvalue weighted by atomic mass is 9.82. The van der Waals surface area contributed by atoms with Crippen molar-refractivity contribution in [1.29, 1.82) is 0 Å². The lowest BCUT2D eigenvalue weighted by molar-refractivity contribution is 0.00578. The van der Waals surface area contributed by atoms with Gasteiger partial charge < -0.3 is 9.31 Å². The number of hydrogen-bond donors (Lipinski definition) is 0. The summed E-state index contributed by atoms with van der Waals surface area (Å²) in [6.45, 7) is 7.47. The van der Waals surface area contributed by atoms with Crippen LogP contribution in [0, 0.1) is 0 Å². The molecular weight excluding hydrogens is 189 g/mol. The Morgan fingerprint density at radius 1 is 1.07 bits per heavy atom. The highest BCUT2D eigenvalue weighted by Gasteiger charge is 2.69. The van der Waals surface area contributed by atoms with Crippen molar-refractivity contribution in [3.05, 3.63) is 0 Å². The van der Waals surface area contributed by atoms with E-state index in [1.807, 2.05) is 27.7 Å². The topological polar surface area (TPSA) is 18.5 Å². The van der Waals surface area contributed by atoms with E-state index >= 15 is 0 Å². The maximum atomic E-state index is 12.8. The summed E-state index contributed by atoms with van der Waals surface area (Å²) in [5, 5.41) is 0. The molecule has 1 heterocycles. The van der Waals surface area contributed by atoms with Crippen molar-refractivity contribution in [3.63, 3.8) is 0 Å². The van der Waals surface area contributed by atoms with E-state index in [1.165, 1.54) is 0 Å². The van der Waals surface area contributed by atoms with Crippen LogP contribution in [0.2, 0.25) is 5.82 Å². The molecule has 0 spiro atoms. The molecule has 5 heteroatoms. The fourth-order valence-electron chi connectivity index (χ4n) is 1.58. The van der Waals surface area contributed by atoms with Gasteiger partial charge in [0.15, 0.2) is 0 Å². The Hall–Kier alpha value is -0.155. The number of hydrogen-bond acceptors (Lipinski definition) is 2. The van der Waals surface area contributed by atoms with E-state index in [-0.39, 0.29) is 6.42 Å². The van der Waals surface area contributed by atoms with Crippen molar-refractivity contribution in [2.45, 2.75) is 57.1 Å². The van der Waals surface area contributed by atoms with E-state index in [0.717, 1.165) is 0 Å². The SMILES string of the molecule is CC1(C)OB([C@H]2CC2(F)F)OC1(C)C. The molecule has 0 unspecified atom stereocenters. The molecule has 2 fully saturated rings. The first kappa shape index (κ1) is 10.4. The van der Waals surface area contributed by atoms with Crippen LogP contribution in [0.25, 0.3) is 0 Å². The third-order valence-corrected chi connectivity index (χ3v) is 3.47. The molecule has 0 N–H and O–H groups in total. The lowest BCUT2D eigenvalue weighted by Gasteiger charge is -2.32. The second-order valence-electron chi connectivity index (χ2n) is 5.20. The summed E-state index contributed by atoms with van der Waals surface area (Å²) in [4.78, 5) is 0. The molecule has 1 saturated carbocycles. The van der Waals surface area contributed by atoms with Gasteiger partial charge in [-0.15, -0.1) is 0 Å². The van der Waals surface area contributed by atoms with Gasteiger partial charge in [0.05, 0.1) is 17.0 Å². The standard InChI is InChI=1S/C9H15BF2O2/c1-7(2)8(3,4)14-10(13-7)6-5-9(6,11)12/h6H,5H2,1-4H3/t6-/m0/s1. The predicted molar refractivity (Wildman–Crippen MR) is 49.4 cm³/mol. The van der Waals surface area contributed by atoms with Crippen LogP contribution in [-0.2, 0) is 9.31 Å². The zero-order chi connectivity index (χ0) is 10.8. The minimum absolute atomic E-state index is 0.107. The van der Waals surface area contributed by atoms with E-state index < -0.39 is 30.1 Å². The van der Waals surface area contributed by atoms with E-state index in [2.05, 4.69) is 0 Å². The molecule has 0 aromatic heterocycles. The van der Waals surface area contributed by atoms with Crippen LogP contribution >= 0.6 is 0 Å². The Morgan fingerprint density at radius 3 is 1.71 bits per heavy atom. The molecule has 2 rings (SSSR count). The fourth-order valence-corrected chi connectivity index (χ4v) is 1.58. The summed E-state index contributed by atoms with van der Waals surface area (Å²) in [7, 11) is -0.741. The summed E-state index contributed by atoms with van der Waals surface area (Å²) in [5.74, 6) is -3.33. The molecule has 2 aliphatic rings. The van der Waals surface area contributed by atoms with Crippen LogP contribution in [-0.4, -0.2) is 24.2 Å². The molecule has 1 atom stereocenters. The molecule has 0 aromatic carbocycles. The Kier molecular flexibility index (Phi) is 1.85. The largest absolute Gasteiger partial charge is 0.467 e. The fraction of sp³-hybridized carbons (Fsp3) is 1.00. The van der Waals surface area contributed by atoms with Crippen LogP contribution in [0.4, 0.5) is 8.78 Å². The molecule has 1 aliphatic carbocycles. The van der Waals surface area contributed by atoms with Crippen molar-refractivity contribution in [2.75, 3.05) is 0 Å². The molecule has 0 aromatic rings. The summed E-state index contributed by atoms with van der Waals surface area (Å²) < 4.78 is 36.6. The highest BCUT2D eigenvalue weighted by molar-refractivity contribution is 6.49. The average molecular weight is 204 g/mol. The van der Waals surface area contributed by atoms with Gasteiger partial charge in [-0.1, -0.05) is 0 Å². The third-order valence-electron chi connectivity index (χ3n) is 3.47. The summed E-state index contributed by atoms with van der Waals surface area (Å²) >= 11 is 0. The first-order valence-electron chi connectivity index (χ1n) is 4.89. The maximum absolute atomic E-state index is 12.8. The Balaban J connectivity index is 2.08. The number of halogens is 2. The van der Waals surface area contributed by atoms with Crippen molar-refractivity contribution < 1.29 is 18.1 Å². The van der Waals surface area contributed by atoms with Crippen LogP contribution in [0.15, 0.2) is 0 Å². The zero-order valence-corrected chi connectivity index (χ0v) is 8.93. The molecular formula is C9H15BF2O2. The summed E-state index contributed by atoms with van der Waals surface area (Å²) in [5.41, 5.74) is -1.01. The molecule has 0 bridgehead atoms. The Bertz CT molecular complexity index is 250. The van der Waals surface area contributed by atoms with E-state index in [0.29, 0.717) is 0 Å². The van der Waals surface area contributed by atoms with Gasteiger partial charge >= 0.3 is 7.12 Å². The number of alkyl halides is 2. The van der Waals surface area contributed by atoms with Gasteiger partial charge in [-0.3, -0.25) is 0 Å². The summed E-state index contributed by atoms with van der Waals surface area (Å²) in [6, 6.07) is 0. The predicted octanol–water partition coefficient (Wildman–Crippen LogP) is 2.49. The summed E-state index contributed by atoms with van der Waals surface area (Å²) in [6.07, 6.45) is -0.107. The highest BCUT2D eigenvalue weighted by atomic mass is 19.3. The van der Waals surface area contributed by atoms with Crippen molar-refractivity contribution in [2.24, 2.45) is 0 Å². The minimum atomic E-state index is -2.58. The van der Waals surface area contributed by atoms with Gasteiger partial charge in [0.2, 0.25) is 5.92 Å². The van der Waals surface area contributed by atoms with Gasteiger partial charge in [-0.25, -0.2) is 8.78 Å². The van der Waals surface area contributed by atoms with Gasteiger partial charge in [0.1, 0.15) is 0 Å². The second-order valence-corrected chi connectivity index (χ2v) is 5.20. The average Bonchev–Trinajstić information content (AvgIpc) is 2.49. The number of rotatable bonds is 1. The van der Waals surface area contributed by atoms with Crippen LogP contribution < -0.4 is 0 Å². The van der Waals surface area contributed by atoms with Gasteiger partial charge in [0.25, 0.3) is 0 Å². The smallest absolute Gasteiger partial charge is 0.403 e. The Morgan fingerprint density at radius 2 is 1.43 bits per heavy atom. The Labute approximate surface area is 83.1 Å². The molecule has 1 aliphatic heterocycles. The quantitative estimate of drug-likeness (QED) is 0.611. The van der Waals surface area contributed by atoms with Crippen LogP contribution in [0.3, 0.4) is 0 Å². The third kappa shape index (κ3) is 1.37. The second kappa shape index (κ2) is 2.50. The van der Waals surface area contributed by atoms with E-state index in [9.17, 15) is 8.78 Å². The van der Waals surface area contributed by atoms with Crippen molar-refractivity contribution in [1.82, 2.24) is 0 Å². The normalized spacial score (nSPS) is 37.3. The van der Waals surface area contributed by atoms with Crippen LogP contribution in [0.5, 0.6) is 0 Å². The molecule has 2 nitrogen and oxygen atoms in total. The highest BCUT2D eigenvalue weighted by Crippen LogP contribution is 2.59. The first-order chi connectivity index (χ1) is 6.16. The molecule has 80 valence electrons. The van der Waals surface area contributed by atoms with Gasteiger partial charge in [0, 0.05) is 6.42 Å². The maximum Gasteiger partial charge on any atom is 0.467 e. The van der Waals surface area contributed by atoms with Gasteiger partial charge in [-0.05, 0) is 27.7 Å². The minimum Gasteiger partial charge on any atom is -0.403 e. The zero-order valence-electron chi connectivity index (χ0n) is 8.93. The lowest BCUT2D eigenvalue weighted by Crippen LogP contribution is -2.41. The molecule has 0 amide bonds. The van der Waals surface area contributed by atoms with Gasteiger partial charge in [-0.2, -0.15) is 0 Å². The van der Waals surface area contributed by atoms with Crippen molar-refractivity contribution in [3.8, 4) is 0 Å². The monoisotopic (exact) mass is 204 g/mol. The molecule has 1 saturated heterocycles. The van der Waals surface area contributed by atoms with E-state index in [1.54, 1.807) is 0 Å². The van der Waals surface area contributed by atoms with E-state index in [4.69, 9.17) is 9.31 Å². The molecule has 0 radical (unpaired) electrons. The van der Waals surface area contributed by atoms with Crippen molar-refractivity contribution >= 4 is 7.12 Å². The van der Waals surface area contributed by atoms with Crippen LogP contribution in [0.1, 0.15) is 34.1 Å².